The number of benzene rings is 2. The summed E-state index contributed by atoms with van der Waals surface area (Å²) in [7, 11) is -3.82. The maximum Gasteiger partial charge on any atom is 0.387 e. The van der Waals surface area contributed by atoms with Crippen molar-refractivity contribution in [1.29, 1.82) is 0 Å². The van der Waals surface area contributed by atoms with Gasteiger partial charge in [0.05, 0.1) is 4.90 Å². The largest absolute Gasteiger partial charge is 0.435 e. The first kappa shape index (κ1) is 24.1. The molecule has 0 radical (unpaired) electrons. The number of ketones is 1. The van der Waals surface area contributed by atoms with E-state index in [-0.39, 0.29) is 35.4 Å². The van der Waals surface area contributed by atoms with E-state index in [0.717, 1.165) is 36.2 Å². The summed E-state index contributed by atoms with van der Waals surface area (Å²) in [6.07, 6.45) is 0.558. The standard InChI is InChI=1S/C25H26F2N2O5S/c26-25(27)34-21-3-5-22(6-4-21)35(32,33)29-13-19-10-17(11-20(19)14-29)24(31)23(30)16-2-1-15-7-8-28-12-18(15)9-16/h1-6,9,17,23,25,28,30H,7-8,10-14H2/t23-/m0/s1. The van der Waals surface area contributed by atoms with Crippen molar-refractivity contribution in [2.75, 3.05) is 19.6 Å². The van der Waals surface area contributed by atoms with Gasteiger partial charge in [0.2, 0.25) is 10.0 Å². The number of sulfonamides is 1. The Bertz CT molecular complexity index is 1260. The number of nitrogens with one attached hydrogen (secondary N) is 1. The maximum atomic E-state index is 13.1. The van der Waals surface area contributed by atoms with Crippen LogP contribution in [0.15, 0.2) is 58.5 Å². The molecule has 0 fully saturated rings. The molecule has 186 valence electrons. The molecule has 5 rings (SSSR count). The van der Waals surface area contributed by atoms with Gasteiger partial charge in [-0.2, -0.15) is 13.1 Å². The molecule has 1 atom stereocenters. The van der Waals surface area contributed by atoms with Gasteiger partial charge in [-0.15, -0.1) is 0 Å². The van der Waals surface area contributed by atoms with Crippen molar-refractivity contribution in [3.05, 3.63) is 70.3 Å². The SMILES string of the molecule is O=C(C1CC2=C(C1)CN(S(=O)(=O)c1ccc(OC(F)F)cc1)C2)[C@@H](O)c1ccc2c(c1)CNCC2. The number of aliphatic hydroxyl groups is 1. The van der Waals surface area contributed by atoms with Crippen molar-refractivity contribution in [3.63, 3.8) is 0 Å². The van der Waals surface area contributed by atoms with Crippen LogP contribution in [-0.4, -0.2) is 49.9 Å². The average molecular weight is 505 g/mol. The van der Waals surface area contributed by atoms with Crippen molar-refractivity contribution in [2.24, 2.45) is 5.92 Å². The summed E-state index contributed by atoms with van der Waals surface area (Å²) in [6.45, 7) is -0.996. The first-order chi connectivity index (χ1) is 16.7. The monoisotopic (exact) mass is 504 g/mol. The van der Waals surface area contributed by atoms with Crippen molar-refractivity contribution in [1.82, 2.24) is 9.62 Å². The second-order valence-corrected chi connectivity index (χ2v) is 11.1. The van der Waals surface area contributed by atoms with Crippen molar-refractivity contribution < 1.29 is 31.8 Å². The fourth-order valence-electron chi connectivity index (χ4n) is 5.16. The molecule has 0 aromatic heterocycles. The highest BCUT2D eigenvalue weighted by atomic mass is 32.2. The summed E-state index contributed by atoms with van der Waals surface area (Å²) in [5.74, 6) is -0.733. The van der Waals surface area contributed by atoms with E-state index < -0.39 is 22.7 Å². The minimum atomic E-state index is -3.82. The first-order valence-electron chi connectivity index (χ1n) is 11.5. The molecule has 2 N–H and O–H groups in total. The quantitative estimate of drug-likeness (QED) is 0.563. The van der Waals surface area contributed by atoms with E-state index in [0.29, 0.717) is 18.4 Å². The molecule has 2 aromatic rings. The van der Waals surface area contributed by atoms with Crippen LogP contribution < -0.4 is 10.1 Å². The van der Waals surface area contributed by atoms with Gasteiger partial charge in [-0.05, 0) is 66.8 Å². The Balaban J connectivity index is 1.21. The molecule has 2 aliphatic heterocycles. The minimum Gasteiger partial charge on any atom is -0.435 e. The zero-order valence-corrected chi connectivity index (χ0v) is 19.7. The van der Waals surface area contributed by atoms with Gasteiger partial charge in [0, 0.05) is 25.6 Å². The van der Waals surface area contributed by atoms with Crippen molar-refractivity contribution >= 4 is 15.8 Å². The van der Waals surface area contributed by atoms with E-state index in [1.165, 1.54) is 34.1 Å². The second-order valence-electron chi connectivity index (χ2n) is 9.20. The molecule has 2 heterocycles. The highest BCUT2D eigenvalue weighted by Crippen LogP contribution is 2.41. The number of ether oxygens (including phenoxy) is 1. The van der Waals surface area contributed by atoms with Gasteiger partial charge in [0.25, 0.3) is 0 Å². The van der Waals surface area contributed by atoms with Gasteiger partial charge in [-0.1, -0.05) is 29.3 Å². The molecule has 3 aliphatic rings. The van der Waals surface area contributed by atoms with Crippen LogP contribution in [0.25, 0.3) is 0 Å². The number of hydrogen-bond donors (Lipinski definition) is 2. The van der Waals surface area contributed by atoms with E-state index >= 15 is 0 Å². The maximum absolute atomic E-state index is 13.1. The number of halogens is 2. The Kier molecular flexibility index (Phi) is 6.47. The smallest absolute Gasteiger partial charge is 0.387 e. The Hall–Kier alpha value is -2.66. The fourth-order valence-corrected chi connectivity index (χ4v) is 6.59. The van der Waals surface area contributed by atoms with Gasteiger partial charge in [-0.25, -0.2) is 8.42 Å². The summed E-state index contributed by atoms with van der Waals surface area (Å²) >= 11 is 0. The van der Waals surface area contributed by atoms with E-state index in [9.17, 15) is 27.1 Å². The number of rotatable bonds is 7. The zero-order valence-electron chi connectivity index (χ0n) is 18.9. The number of carbonyl (C=O) groups excluding carboxylic acids is 1. The molecular weight excluding hydrogens is 478 g/mol. The van der Waals surface area contributed by atoms with E-state index in [1.54, 1.807) is 0 Å². The number of hydrogen-bond acceptors (Lipinski definition) is 6. The molecule has 0 spiro atoms. The third kappa shape index (κ3) is 4.75. The Morgan fingerprint density at radius 1 is 1.06 bits per heavy atom. The molecule has 1 aliphatic carbocycles. The van der Waals surface area contributed by atoms with Crippen LogP contribution in [0.1, 0.15) is 35.6 Å². The van der Waals surface area contributed by atoms with E-state index in [2.05, 4.69) is 10.1 Å². The number of fused-ring (bicyclic) bond motifs is 1. The molecule has 0 saturated carbocycles. The molecule has 0 amide bonds. The number of carbonyl (C=O) groups is 1. The number of aliphatic hydroxyl groups excluding tert-OH is 1. The van der Waals surface area contributed by atoms with Crippen LogP contribution in [0.3, 0.4) is 0 Å². The summed E-state index contributed by atoms with van der Waals surface area (Å²) in [6, 6.07) is 10.6. The summed E-state index contributed by atoms with van der Waals surface area (Å²) < 4.78 is 56.3. The summed E-state index contributed by atoms with van der Waals surface area (Å²) in [5, 5.41) is 14.1. The number of nitrogens with zero attached hydrogens (tertiary/aromatic N) is 1. The lowest BCUT2D eigenvalue weighted by Crippen LogP contribution is -2.31. The second kappa shape index (κ2) is 9.42. The molecule has 2 aromatic carbocycles. The lowest BCUT2D eigenvalue weighted by molar-refractivity contribution is -0.131. The third-order valence-electron chi connectivity index (χ3n) is 7.01. The molecule has 0 saturated heterocycles. The zero-order chi connectivity index (χ0) is 24.7. The third-order valence-corrected chi connectivity index (χ3v) is 8.82. The van der Waals surface area contributed by atoms with Crippen LogP contribution in [0.4, 0.5) is 8.78 Å². The predicted octanol–water partition coefficient (Wildman–Crippen LogP) is 2.95. The van der Waals surface area contributed by atoms with Crippen LogP contribution in [0.5, 0.6) is 5.75 Å². The van der Waals surface area contributed by atoms with Gasteiger partial charge in [-0.3, -0.25) is 4.79 Å². The molecule has 7 nitrogen and oxygen atoms in total. The lowest BCUT2D eigenvalue weighted by atomic mass is 9.89. The lowest BCUT2D eigenvalue weighted by Gasteiger charge is -2.22. The van der Waals surface area contributed by atoms with E-state index in [1.807, 2.05) is 18.2 Å². The molecule has 0 bridgehead atoms. The molecule has 35 heavy (non-hydrogen) atoms. The van der Waals surface area contributed by atoms with Crippen LogP contribution in [-0.2, 0) is 27.8 Å². The van der Waals surface area contributed by atoms with Crippen LogP contribution in [0.2, 0.25) is 0 Å². The highest BCUT2D eigenvalue weighted by Gasteiger charge is 2.40. The normalized spacial score (nSPS) is 19.7. The van der Waals surface area contributed by atoms with Gasteiger partial charge < -0.3 is 15.2 Å². The Labute approximate surface area is 202 Å². The predicted molar refractivity (Wildman–Crippen MR) is 123 cm³/mol. The first-order valence-corrected chi connectivity index (χ1v) is 13.0. The number of Topliss-reactive ketones (excluding diaryl/α,β-unsaturated/α-hetero) is 1. The fraction of sp³-hybridized carbons (Fsp3) is 0.400. The topological polar surface area (TPSA) is 95.9 Å². The highest BCUT2D eigenvalue weighted by molar-refractivity contribution is 7.89. The molecular formula is C25H26F2N2O5S. The average Bonchev–Trinajstić information content (AvgIpc) is 3.43. The van der Waals surface area contributed by atoms with E-state index in [4.69, 9.17) is 0 Å². The van der Waals surface area contributed by atoms with Gasteiger partial charge in [0.1, 0.15) is 11.9 Å². The summed E-state index contributed by atoms with van der Waals surface area (Å²) in [4.78, 5) is 13.1. The van der Waals surface area contributed by atoms with Gasteiger partial charge in [0.15, 0.2) is 5.78 Å². The number of alkyl halides is 2. The Morgan fingerprint density at radius 3 is 2.40 bits per heavy atom. The summed E-state index contributed by atoms with van der Waals surface area (Å²) in [5.41, 5.74) is 4.74. The van der Waals surface area contributed by atoms with Gasteiger partial charge >= 0.3 is 6.61 Å². The van der Waals surface area contributed by atoms with Crippen molar-refractivity contribution in [3.8, 4) is 5.75 Å². The Morgan fingerprint density at radius 2 is 1.74 bits per heavy atom. The molecule has 0 unspecified atom stereocenters. The van der Waals surface area contributed by atoms with Crippen molar-refractivity contribution in [2.45, 2.75) is 43.4 Å². The molecule has 10 heteroatoms. The van der Waals surface area contributed by atoms with Crippen LogP contribution in [0, 0.1) is 5.92 Å². The van der Waals surface area contributed by atoms with Crippen LogP contribution >= 0.6 is 0 Å². The minimum absolute atomic E-state index is 0.00904.